The molecule has 1 aliphatic carbocycles. The molecule has 1 fully saturated rings. The molecule has 0 bridgehead atoms. The van der Waals surface area contributed by atoms with Crippen LogP contribution < -0.4 is 14.8 Å². The Hall–Kier alpha value is -1.22. The van der Waals surface area contributed by atoms with Gasteiger partial charge in [0.1, 0.15) is 11.5 Å². The van der Waals surface area contributed by atoms with Crippen molar-refractivity contribution in [1.82, 2.24) is 5.32 Å². The van der Waals surface area contributed by atoms with Crippen molar-refractivity contribution in [3.63, 3.8) is 0 Å². The van der Waals surface area contributed by atoms with Crippen LogP contribution in [0.1, 0.15) is 17.9 Å². The summed E-state index contributed by atoms with van der Waals surface area (Å²) in [6, 6.07) is 6.14. The molecule has 2 atom stereocenters. The SMILES string of the molecule is CNC[C@H]1C[C@H]1c1cc(OC)cc(OC)c1. The van der Waals surface area contributed by atoms with Crippen molar-refractivity contribution in [2.75, 3.05) is 27.8 Å². The highest BCUT2D eigenvalue weighted by Gasteiger charge is 2.37. The quantitative estimate of drug-likeness (QED) is 0.825. The molecule has 0 saturated heterocycles. The first kappa shape index (κ1) is 11.3. The fourth-order valence-corrected chi connectivity index (χ4v) is 2.19. The molecule has 3 heteroatoms. The number of hydrogen-bond acceptors (Lipinski definition) is 3. The van der Waals surface area contributed by atoms with Gasteiger partial charge in [-0.1, -0.05) is 0 Å². The van der Waals surface area contributed by atoms with Crippen molar-refractivity contribution >= 4 is 0 Å². The van der Waals surface area contributed by atoms with Crippen molar-refractivity contribution in [2.24, 2.45) is 5.92 Å². The van der Waals surface area contributed by atoms with Crippen molar-refractivity contribution in [3.8, 4) is 11.5 Å². The van der Waals surface area contributed by atoms with Crippen LogP contribution in [0.4, 0.5) is 0 Å². The van der Waals surface area contributed by atoms with E-state index >= 15 is 0 Å². The summed E-state index contributed by atoms with van der Waals surface area (Å²) in [5.41, 5.74) is 1.33. The van der Waals surface area contributed by atoms with E-state index in [4.69, 9.17) is 9.47 Å². The van der Waals surface area contributed by atoms with E-state index in [2.05, 4.69) is 17.4 Å². The van der Waals surface area contributed by atoms with E-state index in [0.29, 0.717) is 5.92 Å². The lowest BCUT2D eigenvalue weighted by atomic mass is 10.1. The average Bonchev–Trinajstić information content (AvgIpc) is 3.08. The van der Waals surface area contributed by atoms with Crippen LogP contribution in [-0.2, 0) is 0 Å². The van der Waals surface area contributed by atoms with Crippen LogP contribution >= 0.6 is 0 Å². The number of nitrogens with one attached hydrogen (secondary N) is 1. The van der Waals surface area contributed by atoms with E-state index in [-0.39, 0.29) is 0 Å². The maximum absolute atomic E-state index is 5.27. The van der Waals surface area contributed by atoms with Gasteiger partial charge in [-0.25, -0.2) is 0 Å². The maximum Gasteiger partial charge on any atom is 0.122 e. The molecule has 0 spiro atoms. The Bertz CT molecular complexity index is 343. The van der Waals surface area contributed by atoms with Crippen molar-refractivity contribution < 1.29 is 9.47 Å². The smallest absolute Gasteiger partial charge is 0.122 e. The van der Waals surface area contributed by atoms with E-state index in [1.54, 1.807) is 14.2 Å². The third-order valence-corrected chi connectivity index (χ3v) is 3.19. The Morgan fingerprint density at radius 1 is 1.19 bits per heavy atom. The minimum atomic E-state index is 0.663. The molecule has 88 valence electrons. The van der Waals surface area contributed by atoms with Crippen LogP contribution in [0.5, 0.6) is 11.5 Å². The highest BCUT2D eigenvalue weighted by molar-refractivity contribution is 5.42. The minimum Gasteiger partial charge on any atom is -0.497 e. The van der Waals surface area contributed by atoms with Crippen LogP contribution in [0.3, 0.4) is 0 Å². The molecule has 1 aromatic rings. The third-order valence-electron chi connectivity index (χ3n) is 3.19. The fraction of sp³-hybridized carbons (Fsp3) is 0.538. The van der Waals surface area contributed by atoms with E-state index in [9.17, 15) is 0 Å². The van der Waals surface area contributed by atoms with Crippen molar-refractivity contribution in [1.29, 1.82) is 0 Å². The summed E-state index contributed by atoms with van der Waals surface area (Å²) in [6.45, 7) is 1.09. The zero-order chi connectivity index (χ0) is 11.5. The molecule has 0 unspecified atom stereocenters. The van der Waals surface area contributed by atoms with Crippen LogP contribution in [0, 0.1) is 5.92 Å². The zero-order valence-electron chi connectivity index (χ0n) is 10.1. The molecule has 0 aromatic heterocycles. The molecule has 1 aliphatic rings. The highest BCUT2D eigenvalue weighted by atomic mass is 16.5. The van der Waals surface area contributed by atoms with Gasteiger partial charge >= 0.3 is 0 Å². The molecule has 1 aromatic carbocycles. The van der Waals surface area contributed by atoms with Gasteiger partial charge in [0.2, 0.25) is 0 Å². The maximum atomic E-state index is 5.27. The van der Waals surface area contributed by atoms with Gasteiger partial charge in [0, 0.05) is 6.07 Å². The lowest BCUT2D eigenvalue weighted by Crippen LogP contribution is -2.10. The van der Waals surface area contributed by atoms with Crippen LogP contribution in [0.15, 0.2) is 18.2 Å². The lowest BCUT2D eigenvalue weighted by molar-refractivity contribution is 0.393. The van der Waals surface area contributed by atoms with Crippen LogP contribution in [0.2, 0.25) is 0 Å². The summed E-state index contributed by atoms with van der Waals surface area (Å²) in [6.07, 6.45) is 1.26. The van der Waals surface area contributed by atoms with Crippen LogP contribution in [0.25, 0.3) is 0 Å². The van der Waals surface area contributed by atoms with Gasteiger partial charge < -0.3 is 14.8 Å². The monoisotopic (exact) mass is 221 g/mol. The number of benzene rings is 1. The summed E-state index contributed by atoms with van der Waals surface area (Å²) in [5.74, 6) is 3.19. The standard InChI is InChI=1S/C13H19NO2/c1-14-8-10-6-13(10)9-4-11(15-2)7-12(5-9)16-3/h4-5,7,10,13-14H,6,8H2,1-3H3/t10-,13+/m1/s1. The summed E-state index contributed by atoms with van der Waals surface area (Å²) in [4.78, 5) is 0. The molecule has 1 saturated carbocycles. The van der Waals surface area contributed by atoms with Crippen molar-refractivity contribution in [2.45, 2.75) is 12.3 Å². The highest BCUT2D eigenvalue weighted by Crippen LogP contribution is 2.48. The summed E-state index contributed by atoms with van der Waals surface area (Å²) in [7, 11) is 5.38. The first-order chi connectivity index (χ1) is 7.78. The first-order valence-corrected chi connectivity index (χ1v) is 5.66. The topological polar surface area (TPSA) is 30.5 Å². The van der Waals surface area contributed by atoms with Crippen LogP contribution in [-0.4, -0.2) is 27.8 Å². The van der Waals surface area contributed by atoms with E-state index < -0.39 is 0 Å². The second kappa shape index (κ2) is 4.74. The first-order valence-electron chi connectivity index (χ1n) is 5.66. The number of rotatable bonds is 5. The number of methoxy groups -OCH3 is 2. The average molecular weight is 221 g/mol. The minimum absolute atomic E-state index is 0.663. The van der Waals surface area contributed by atoms with Gasteiger partial charge in [-0.15, -0.1) is 0 Å². The summed E-state index contributed by atoms with van der Waals surface area (Å²) < 4.78 is 10.5. The number of hydrogen-bond donors (Lipinski definition) is 1. The van der Waals surface area contributed by atoms with Gasteiger partial charge in [-0.3, -0.25) is 0 Å². The van der Waals surface area contributed by atoms with E-state index in [1.807, 2.05) is 13.1 Å². The van der Waals surface area contributed by atoms with Gasteiger partial charge in [-0.2, -0.15) is 0 Å². The predicted molar refractivity (Wildman–Crippen MR) is 64.3 cm³/mol. The van der Waals surface area contributed by atoms with Gasteiger partial charge in [0.15, 0.2) is 0 Å². The Morgan fingerprint density at radius 2 is 1.81 bits per heavy atom. The normalized spacial score (nSPS) is 22.9. The Kier molecular flexibility index (Phi) is 3.34. The van der Waals surface area contributed by atoms with Gasteiger partial charge in [-0.05, 0) is 49.5 Å². The second-order valence-electron chi connectivity index (χ2n) is 4.31. The van der Waals surface area contributed by atoms with Gasteiger partial charge in [0.25, 0.3) is 0 Å². The number of ether oxygens (including phenoxy) is 2. The molecular formula is C13H19NO2. The van der Waals surface area contributed by atoms with E-state index in [0.717, 1.165) is 24.0 Å². The van der Waals surface area contributed by atoms with E-state index in [1.165, 1.54) is 12.0 Å². The molecule has 2 rings (SSSR count). The summed E-state index contributed by atoms with van der Waals surface area (Å²) in [5, 5.41) is 3.22. The molecule has 0 aliphatic heterocycles. The molecule has 0 radical (unpaired) electrons. The zero-order valence-corrected chi connectivity index (χ0v) is 10.1. The molecule has 16 heavy (non-hydrogen) atoms. The molecular weight excluding hydrogens is 202 g/mol. The molecule has 0 amide bonds. The molecule has 0 heterocycles. The Morgan fingerprint density at radius 3 is 2.31 bits per heavy atom. The van der Waals surface area contributed by atoms with Gasteiger partial charge in [0.05, 0.1) is 14.2 Å². The third kappa shape index (κ3) is 2.30. The molecule has 3 nitrogen and oxygen atoms in total. The Balaban J connectivity index is 2.15. The molecule has 1 N–H and O–H groups in total. The summed E-state index contributed by atoms with van der Waals surface area (Å²) >= 11 is 0. The largest absolute Gasteiger partial charge is 0.497 e. The van der Waals surface area contributed by atoms with Crippen molar-refractivity contribution in [3.05, 3.63) is 23.8 Å². The lowest BCUT2D eigenvalue weighted by Gasteiger charge is -2.08. The fourth-order valence-electron chi connectivity index (χ4n) is 2.19. The second-order valence-corrected chi connectivity index (χ2v) is 4.31. The predicted octanol–water partition coefficient (Wildman–Crippen LogP) is 2.03. The Labute approximate surface area is 96.8 Å².